The van der Waals surface area contributed by atoms with Crippen LogP contribution in [0.4, 0.5) is 5.69 Å². The van der Waals surface area contributed by atoms with Gasteiger partial charge in [0, 0.05) is 45.5 Å². The Balaban J connectivity index is 1.63. The maximum atomic E-state index is 2.78. The summed E-state index contributed by atoms with van der Waals surface area (Å²) in [6.45, 7) is 3.45. The molecule has 2 fully saturated rings. The quantitative estimate of drug-likeness (QED) is 0.804. The highest BCUT2D eigenvalue weighted by molar-refractivity contribution is 5.46. The van der Waals surface area contributed by atoms with E-state index in [0.717, 1.165) is 12.6 Å². The molecule has 0 amide bonds. The largest absolute Gasteiger partial charge is 0.378 e. The van der Waals surface area contributed by atoms with Gasteiger partial charge in [-0.2, -0.15) is 0 Å². The van der Waals surface area contributed by atoms with Crippen LogP contribution in [-0.2, 0) is 6.54 Å². The molecule has 0 radical (unpaired) electrons. The molecule has 0 aromatic heterocycles. The van der Waals surface area contributed by atoms with Gasteiger partial charge in [0.15, 0.2) is 0 Å². The molecule has 0 unspecified atom stereocenters. The average molecular weight is 350 g/mol. The molecular weight excluding hydrogens is 318 g/mol. The second kappa shape index (κ2) is 7.81. The molecule has 0 aliphatic carbocycles. The summed E-state index contributed by atoms with van der Waals surface area (Å²) >= 11 is 0. The van der Waals surface area contributed by atoms with E-state index in [0.29, 0.717) is 6.17 Å². The lowest BCUT2D eigenvalue weighted by Gasteiger charge is -2.51. The fourth-order valence-electron chi connectivity index (χ4n) is 4.63. The van der Waals surface area contributed by atoms with E-state index < -0.39 is 0 Å². The van der Waals surface area contributed by atoms with Crippen LogP contribution in [0.15, 0.2) is 54.6 Å². The van der Waals surface area contributed by atoms with Gasteiger partial charge in [-0.15, -0.1) is 0 Å². The Bertz CT molecular complexity index is 695. The Morgan fingerprint density at radius 3 is 2.38 bits per heavy atom. The molecule has 3 heteroatoms. The van der Waals surface area contributed by atoms with Crippen LogP contribution < -0.4 is 4.90 Å². The van der Waals surface area contributed by atoms with Gasteiger partial charge >= 0.3 is 0 Å². The molecule has 4 rings (SSSR count). The minimum Gasteiger partial charge on any atom is -0.378 e. The van der Waals surface area contributed by atoms with Crippen molar-refractivity contribution in [2.75, 3.05) is 32.1 Å². The number of hydrogen-bond donors (Lipinski definition) is 0. The van der Waals surface area contributed by atoms with Crippen molar-refractivity contribution in [3.8, 4) is 0 Å². The van der Waals surface area contributed by atoms with Crippen LogP contribution >= 0.6 is 0 Å². The van der Waals surface area contributed by atoms with Crippen LogP contribution in [0, 0.1) is 0 Å². The summed E-state index contributed by atoms with van der Waals surface area (Å²) in [6, 6.07) is 20.9. The maximum absolute atomic E-state index is 2.78. The minimum atomic E-state index is 0.408. The van der Waals surface area contributed by atoms with E-state index in [2.05, 4.69) is 83.4 Å². The van der Waals surface area contributed by atoms with Crippen molar-refractivity contribution in [2.24, 2.45) is 0 Å². The summed E-state index contributed by atoms with van der Waals surface area (Å²) < 4.78 is 0. The Labute approximate surface area is 158 Å². The van der Waals surface area contributed by atoms with Crippen molar-refractivity contribution in [1.82, 2.24) is 9.80 Å². The average Bonchev–Trinajstić information content (AvgIpc) is 2.69. The first-order chi connectivity index (χ1) is 12.7. The van der Waals surface area contributed by atoms with Gasteiger partial charge in [0.25, 0.3) is 0 Å². The highest BCUT2D eigenvalue weighted by atomic mass is 15.4. The monoisotopic (exact) mass is 349 g/mol. The first-order valence-electron chi connectivity index (χ1n) is 10.0. The van der Waals surface area contributed by atoms with Crippen molar-refractivity contribution >= 4 is 5.69 Å². The normalized spacial score (nSPS) is 24.2. The van der Waals surface area contributed by atoms with Crippen molar-refractivity contribution in [2.45, 2.75) is 44.4 Å². The molecule has 2 saturated heterocycles. The van der Waals surface area contributed by atoms with Crippen molar-refractivity contribution in [3.63, 3.8) is 0 Å². The molecule has 2 aliphatic heterocycles. The zero-order valence-electron chi connectivity index (χ0n) is 16.1. The van der Waals surface area contributed by atoms with Crippen molar-refractivity contribution < 1.29 is 0 Å². The lowest BCUT2D eigenvalue weighted by Crippen LogP contribution is -2.54. The number of benzene rings is 2. The topological polar surface area (TPSA) is 9.72 Å². The van der Waals surface area contributed by atoms with Crippen LogP contribution in [0.5, 0.6) is 0 Å². The fourth-order valence-corrected chi connectivity index (χ4v) is 4.63. The third kappa shape index (κ3) is 3.65. The van der Waals surface area contributed by atoms with Gasteiger partial charge in [0.1, 0.15) is 0 Å². The van der Waals surface area contributed by atoms with E-state index in [4.69, 9.17) is 0 Å². The lowest BCUT2D eigenvalue weighted by molar-refractivity contribution is -0.0566. The Morgan fingerprint density at radius 2 is 1.65 bits per heavy atom. The molecule has 138 valence electrons. The van der Waals surface area contributed by atoms with Gasteiger partial charge < -0.3 is 4.90 Å². The smallest absolute Gasteiger partial charge is 0.0891 e. The van der Waals surface area contributed by atoms with E-state index in [1.54, 1.807) is 0 Å². The Kier molecular flexibility index (Phi) is 5.28. The van der Waals surface area contributed by atoms with Crippen LogP contribution in [0.25, 0.3) is 0 Å². The Hall–Kier alpha value is -1.84. The van der Waals surface area contributed by atoms with Gasteiger partial charge in [-0.05, 0) is 42.5 Å². The predicted octanol–water partition coefficient (Wildman–Crippen LogP) is 4.51. The first kappa shape index (κ1) is 17.6. The van der Waals surface area contributed by atoms with Crippen LogP contribution in [0.3, 0.4) is 0 Å². The number of fused-ring (bicyclic) bond motifs is 1. The standard InChI is InChI=1S/C23H31N3/c1-24(2)21-13-11-20(12-14-21)23-25(18-19-8-4-3-5-9-19)17-15-22-10-6-7-16-26(22)23/h3-5,8-9,11-14,22-23H,6-7,10,15-18H2,1-2H3/t22-,23+/m1/s1. The number of piperidine rings is 1. The summed E-state index contributed by atoms with van der Waals surface area (Å²) in [7, 11) is 4.22. The summed E-state index contributed by atoms with van der Waals surface area (Å²) in [4.78, 5) is 7.64. The SMILES string of the molecule is CN(C)c1ccc([C@H]2N(Cc3ccccc3)CC[C@H]3CCCCN32)cc1. The fraction of sp³-hybridized carbons (Fsp3) is 0.478. The molecule has 2 atom stereocenters. The summed E-state index contributed by atoms with van der Waals surface area (Å²) in [6.07, 6.45) is 5.81. The molecule has 0 saturated carbocycles. The number of rotatable bonds is 4. The second-order valence-corrected chi connectivity index (χ2v) is 7.99. The molecule has 26 heavy (non-hydrogen) atoms. The van der Waals surface area contributed by atoms with E-state index in [1.807, 2.05) is 0 Å². The van der Waals surface area contributed by atoms with E-state index in [1.165, 1.54) is 55.6 Å². The molecule has 0 bridgehead atoms. The van der Waals surface area contributed by atoms with Gasteiger partial charge in [0.2, 0.25) is 0 Å². The van der Waals surface area contributed by atoms with E-state index in [9.17, 15) is 0 Å². The zero-order valence-corrected chi connectivity index (χ0v) is 16.1. The van der Waals surface area contributed by atoms with Gasteiger partial charge in [-0.3, -0.25) is 9.80 Å². The van der Waals surface area contributed by atoms with Gasteiger partial charge in [-0.25, -0.2) is 0 Å². The number of hydrogen-bond acceptors (Lipinski definition) is 3. The minimum absolute atomic E-state index is 0.408. The number of anilines is 1. The third-order valence-corrected chi connectivity index (χ3v) is 6.02. The lowest BCUT2D eigenvalue weighted by atomic mass is 9.93. The maximum Gasteiger partial charge on any atom is 0.0891 e. The molecular formula is C23H31N3. The molecule has 2 aliphatic rings. The summed E-state index contributed by atoms with van der Waals surface area (Å²) in [5.74, 6) is 0. The van der Waals surface area contributed by atoms with E-state index >= 15 is 0 Å². The Morgan fingerprint density at radius 1 is 0.885 bits per heavy atom. The second-order valence-electron chi connectivity index (χ2n) is 7.99. The highest BCUT2D eigenvalue weighted by Gasteiger charge is 2.37. The summed E-state index contributed by atoms with van der Waals surface area (Å²) in [5.41, 5.74) is 4.13. The van der Waals surface area contributed by atoms with Gasteiger partial charge in [0.05, 0.1) is 6.17 Å². The van der Waals surface area contributed by atoms with Crippen molar-refractivity contribution in [3.05, 3.63) is 65.7 Å². The predicted molar refractivity (Wildman–Crippen MR) is 109 cm³/mol. The molecule has 2 aromatic rings. The molecule has 0 spiro atoms. The van der Waals surface area contributed by atoms with Gasteiger partial charge in [-0.1, -0.05) is 48.9 Å². The number of nitrogens with zero attached hydrogens (tertiary/aromatic N) is 3. The zero-order chi connectivity index (χ0) is 17.9. The van der Waals surface area contributed by atoms with Crippen LogP contribution in [0.2, 0.25) is 0 Å². The van der Waals surface area contributed by atoms with Crippen molar-refractivity contribution in [1.29, 1.82) is 0 Å². The molecule has 2 aromatic carbocycles. The molecule has 0 N–H and O–H groups in total. The highest BCUT2D eigenvalue weighted by Crippen LogP contribution is 2.38. The summed E-state index contributed by atoms with van der Waals surface area (Å²) in [5, 5.41) is 0. The third-order valence-electron chi connectivity index (χ3n) is 6.02. The molecule has 3 nitrogen and oxygen atoms in total. The first-order valence-corrected chi connectivity index (χ1v) is 10.0. The van der Waals surface area contributed by atoms with Crippen LogP contribution in [0.1, 0.15) is 43.0 Å². The van der Waals surface area contributed by atoms with E-state index in [-0.39, 0.29) is 0 Å². The molecule has 2 heterocycles. The van der Waals surface area contributed by atoms with Crippen LogP contribution in [-0.4, -0.2) is 43.0 Å².